The van der Waals surface area contributed by atoms with Gasteiger partial charge in [0.1, 0.15) is 11.3 Å². The summed E-state index contributed by atoms with van der Waals surface area (Å²) in [5.74, 6) is 0.172. The van der Waals surface area contributed by atoms with Crippen molar-refractivity contribution in [2.24, 2.45) is 0 Å². The Hall–Kier alpha value is -2.29. The smallest absolute Gasteiger partial charge is 0.397 e. The second-order valence-corrected chi connectivity index (χ2v) is 5.14. The number of aromatic nitrogens is 2. The quantitative estimate of drug-likeness (QED) is 0.522. The molecule has 0 saturated carbocycles. The summed E-state index contributed by atoms with van der Waals surface area (Å²) in [6, 6.07) is 12.8. The highest BCUT2D eigenvalue weighted by Gasteiger charge is 2.03. The predicted molar refractivity (Wildman–Crippen MR) is 77.3 cm³/mol. The zero-order valence-corrected chi connectivity index (χ0v) is 11.8. The number of hydrogen-bond donors (Lipinski definition) is 2. The molecule has 1 aromatic heterocycles. The van der Waals surface area contributed by atoms with Crippen LogP contribution in [0.25, 0.3) is 22.1 Å². The summed E-state index contributed by atoms with van der Waals surface area (Å²) < 4.78 is 29.7. The van der Waals surface area contributed by atoms with E-state index in [1.165, 1.54) is 0 Å². The predicted octanol–water partition coefficient (Wildman–Crippen LogP) is 1.92. The summed E-state index contributed by atoms with van der Waals surface area (Å²) >= 11 is 0. The van der Waals surface area contributed by atoms with Crippen molar-refractivity contribution in [3.05, 3.63) is 42.5 Å². The van der Waals surface area contributed by atoms with E-state index < -0.39 is 10.4 Å². The Morgan fingerprint density at radius 2 is 1.48 bits per heavy atom. The molecule has 3 rings (SSSR count). The van der Waals surface area contributed by atoms with E-state index in [1.54, 1.807) is 12.1 Å². The van der Waals surface area contributed by atoms with Crippen LogP contribution in [0.1, 0.15) is 0 Å². The summed E-state index contributed by atoms with van der Waals surface area (Å²) in [6.07, 6.45) is 0. The van der Waals surface area contributed by atoms with Crippen molar-refractivity contribution >= 4 is 32.5 Å². The molecule has 1 heterocycles. The standard InChI is InChI=1S/C12H8N2O.CH4O4S/c15-11-7-3-6-10-12(11)14-9-5-2-1-4-8(9)13-10;1-5-6(2,3)4/h1-7,15H;1H3,(H,2,3,4). The Balaban J connectivity index is 0.000000232. The minimum absolute atomic E-state index is 0.172. The molecular weight excluding hydrogens is 296 g/mol. The topological polar surface area (TPSA) is 110 Å². The molecular formula is C13H12N2O5S. The first-order valence-corrected chi connectivity index (χ1v) is 7.15. The van der Waals surface area contributed by atoms with E-state index in [2.05, 4.69) is 14.2 Å². The Kier molecular flexibility index (Phi) is 4.32. The second-order valence-electron chi connectivity index (χ2n) is 3.95. The molecule has 0 unspecified atom stereocenters. The van der Waals surface area contributed by atoms with Crippen LogP contribution in [0.4, 0.5) is 0 Å². The molecule has 21 heavy (non-hydrogen) atoms. The van der Waals surface area contributed by atoms with Crippen LogP contribution in [-0.4, -0.2) is 35.2 Å². The van der Waals surface area contributed by atoms with Gasteiger partial charge in [0, 0.05) is 0 Å². The van der Waals surface area contributed by atoms with Crippen molar-refractivity contribution in [1.82, 2.24) is 9.97 Å². The fraction of sp³-hybridized carbons (Fsp3) is 0.0769. The summed E-state index contributed by atoms with van der Waals surface area (Å²) in [7, 11) is -3.29. The van der Waals surface area contributed by atoms with Crippen molar-refractivity contribution in [3.8, 4) is 5.75 Å². The van der Waals surface area contributed by atoms with Crippen LogP contribution < -0.4 is 0 Å². The van der Waals surface area contributed by atoms with E-state index in [1.807, 2.05) is 30.3 Å². The molecule has 3 aromatic rings. The summed E-state index contributed by atoms with van der Waals surface area (Å²) in [6.45, 7) is 0. The molecule has 0 radical (unpaired) electrons. The largest absolute Gasteiger partial charge is 0.506 e. The van der Waals surface area contributed by atoms with Gasteiger partial charge in [-0.2, -0.15) is 8.42 Å². The first kappa shape index (κ1) is 15.1. The molecule has 0 amide bonds. The number of hydrogen-bond acceptors (Lipinski definition) is 6. The highest BCUT2D eigenvalue weighted by Crippen LogP contribution is 2.22. The number of fused-ring (bicyclic) bond motifs is 2. The minimum Gasteiger partial charge on any atom is -0.506 e. The van der Waals surface area contributed by atoms with Gasteiger partial charge in [-0.15, -0.1) is 0 Å². The number of benzene rings is 2. The van der Waals surface area contributed by atoms with Gasteiger partial charge in [0.25, 0.3) is 0 Å². The summed E-state index contributed by atoms with van der Waals surface area (Å²) in [4.78, 5) is 8.78. The lowest BCUT2D eigenvalue weighted by atomic mass is 10.2. The van der Waals surface area contributed by atoms with Crippen molar-refractivity contribution in [3.63, 3.8) is 0 Å². The van der Waals surface area contributed by atoms with E-state index in [-0.39, 0.29) is 5.75 Å². The first-order chi connectivity index (χ1) is 9.90. The van der Waals surface area contributed by atoms with Gasteiger partial charge in [-0.25, -0.2) is 9.97 Å². The summed E-state index contributed by atoms with van der Waals surface area (Å²) in [5.41, 5.74) is 2.91. The van der Waals surface area contributed by atoms with Crippen molar-refractivity contribution < 1.29 is 22.3 Å². The molecule has 0 bridgehead atoms. The van der Waals surface area contributed by atoms with Crippen molar-refractivity contribution in [1.29, 1.82) is 0 Å². The van der Waals surface area contributed by atoms with Crippen LogP contribution in [0.2, 0.25) is 0 Å². The lowest BCUT2D eigenvalue weighted by Crippen LogP contribution is -1.96. The highest BCUT2D eigenvalue weighted by atomic mass is 32.3. The van der Waals surface area contributed by atoms with Crippen LogP contribution in [-0.2, 0) is 14.6 Å². The Morgan fingerprint density at radius 3 is 2.05 bits per heavy atom. The average Bonchev–Trinajstić information content (AvgIpc) is 2.46. The number of phenolic OH excluding ortho intramolecular Hbond substituents is 1. The lowest BCUT2D eigenvalue weighted by molar-refractivity contribution is 0.324. The van der Waals surface area contributed by atoms with E-state index >= 15 is 0 Å². The van der Waals surface area contributed by atoms with Crippen molar-refractivity contribution in [2.45, 2.75) is 0 Å². The zero-order valence-electron chi connectivity index (χ0n) is 11.0. The highest BCUT2D eigenvalue weighted by molar-refractivity contribution is 7.80. The molecule has 0 atom stereocenters. The van der Waals surface area contributed by atoms with Crippen molar-refractivity contribution in [2.75, 3.05) is 7.11 Å². The van der Waals surface area contributed by atoms with Gasteiger partial charge < -0.3 is 5.11 Å². The minimum atomic E-state index is -4.16. The number of rotatable bonds is 1. The molecule has 2 aromatic carbocycles. The van der Waals surface area contributed by atoms with Crippen LogP contribution >= 0.6 is 0 Å². The van der Waals surface area contributed by atoms with Gasteiger partial charge in [-0.3, -0.25) is 8.74 Å². The average molecular weight is 308 g/mol. The van der Waals surface area contributed by atoms with Crippen LogP contribution in [0, 0.1) is 0 Å². The molecule has 110 valence electrons. The monoisotopic (exact) mass is 308 g/mol. The molecule has 0 saturated heterocycles. The van der Waals surface area contributed by atoms with Gasteiger partial charge in [0.2, 0.25) is 0 Å². The maximum absolute atomic E-state index is 9.63. The normalized spacial score (nSPS) is 11.1. The fourth-order valence-electron chi connectivity index (χ4n) is 1.63. The molecule has 0 aliphatic heterocycles. The Labute approximate surface area is 120 Å². The summed E-state index contributed by atoms with van der Waals surface area (Å²) in [5, 5.41) is 9.63. The maximum Gasteiger partial charge on any atom is 0.397 e. The van der Waals surface area contributed by atoms with Crippen LogP contribution in [0.3, 0.4) is 0 Å². The Morgan fingerprint density at radius 1 is 0.952 bits per heavy atom. The lowest BCUT2D eigenvalue weighted by Gasteiger charge is -2.01. The molecule has 8 heteroatoms. The number of aromatic hydroxyl groups is 1. The fourth-order valence-corrected chi connectivity index (χ4v) is 1.63. The molecule has 0 aliphatic rings. The van der Waals surface area contributed by atoms with E-state index in [4.69, 9.17) is 4.55 Å². The van der Waals surface area contributed by atoms with E-state index in [0.717, 1.165) is 18.1 Å². The first-order valence-electron chi connectivity index (χ1n) is 5.78. The Bertz CT molecular complexity index is 880. The van der Waals surface area contributed by atoms with E-state index in [0.29, 0.717) is 11.0 Å². The van der Waals surface area contributed by atoms with Crippen LogP contribution in [0.5, 0.6) is 5.75 Å². The number of nitrogens with zero attached hydrogens (tertiary/aromatic N) is 2. The number of para-hydroxylation sites is 3. The van der Waals surface area contributed by atoms with Gasteiger partial charge >= 0.3 is 10.4 Å². The van der Waals surface area contributed by atoms with Gasteiger partial charge in [0.05, 0.1) is 23.7 Å². The molecule has 2 N–H and O–H groups in total. The third-order valence-electron chi connectivity index (χ3n) is 2.56. The molecule has 0 fully saturated rings. The second kappa shape index (κ2) is 6.00. The number of phenols is 1. The van der Waals surface area contributed by atoms with Gasteiger partial charge in [-0.05, 0) is 24.3 Å². The molecule has 7 nitrogen and oxygen atoms in total. The van der Waals surface area contributed by atoms with E-state index in [9.17, 15) is 13.5 Å². The SMILES string of the molecule is COS(=O)(=O)O.Oc1cccc2nc3ccccc3nc12. The van der Waals surface area contributed by atoms with Gasteiger partial charge in [0.15, 0.2) is 0 Å². The molecule has 0 aliphatic carbocycles. The zero-order chi connectivity index (χ0) is 15.5. The third kappa shape index (κ3) is 3.85. The van der Waals surface area contributed by atoms with Crippen LogP contribution in [0.15, 0.2) is 42.5 Å². The molecule has 0 spiro atoms. The maximum atomic E-state index is 9.63. The third-order valence-corrected chi connectivity index (χ3v) is 2.98. The van der Waals surface area contributed by atoms with Gasteiger partial charge in [-0.1, -0.05) is 18.2 Å².